The van der Waals surface area contributed by atoms with Crippen LogP contribution >= 0.6 is 15.9 Å². The molecule has 0 aromatic heterocycles. The van der Waals surface area contributed by atoms with Crippen molar-refractivity contribution in [3.63, 3.8) is 0 Å². The van der Waals surface area contributed by atoms with E-state index < -0.39 is 0 Å². The van der Waals surface area contributed by atoms with Crippen LogP contribution in [-0.4, -0.2) is 5.11 Å². The standard InChI is InChI=1S/C12H13BrN2O/c1-7(2)5-10(15)11-9(13)4-3-8(6-14)12(11)16/h3-4,10,16H,1,5,15H2,2H3/t10-/m0/s1. The SMILES string of the molecule is C=C(C)C[C@H](N)c1c(Br)ccc(C#N)c1O. The largest absolute Gasteiger partial charge is 0.506 e. The van der Waals surface area contributed by atoms with Gasteiger partial charge in [0.1, 0.15) is 11.8 Å². The van der Waals surface area contributed by atoms with E-state index in [1.165, 1.54) is 0 Å². The lowest BCUT2D eigenvalue weighted by atomic mass is 9.98. The molecular weight excluding hydrogens is 268 g/mol. The Morgan fingerprint density at radius 3 is 2.81 bits per heavy atom. The molecule has 0 radical (unpaired) electrons. The van der Waals surface area contributed by atoms with Crippen LogP contribution in [0.3, 0.4) is 0 Å². The highest BCUT2D eigenvalue weighted by Crippen LogP contribution is 2.35. The van der Waals surface area contributed by atoms with Crippen molar-refractivity contribution in [2.24, 2.45) is 5.73 Å². The predicted octanol–water partition coefficient (Wildman–Crippen LogP) is 2.99. The van der Waals surface area contributed by atoms with E-state index in [9.17, 15) is 5.11 Å². The third-order valence-electron chi connectivity index (χ3n) is 2.22. The molecule has 1 atom stereocenters. The van der Waals surface area contributed by atoms with Gasteiger partial charge in [-0.15, -0.1) is 6.58 Å². The second-order valence-corrected chi connectivity index (χ2v) is 4.59. The van der Waals surface area contributed by atoms with Gasteiger partial charge < -0.3 is 10.8 Å². The first-order chi connectivity index (χ1) is 7.47. The lowest BCUT2D eigenvalue weighted by Gasteiger charge is -2.16. The average molecular weight is 281 g/mol. The van der Waals surface area contributed by atoms with Crippen LogP contribution in [0.5, 0.6) is 5.75 Å². The number of rotatable bonds is 3. The summed E-state index contributed by atoms with van der Waals surface area (Å²) in [7, 11) is 0. The monoisotopic (exact) mass is 280 g/mol. The topological polar surface area (TPSA) is 70.0 Å². The fraction of sp³-hybridized carbons (Fsp3) is 0.250. The van der Waals surface area contributed by atoms with Crippen LogP contribution in [0.2, 0.25) is 0 Å². The molecule has 1 aromatic rings. The van der Waals surface area contributed by atoms with E-state index in [2.05, 4.69) is 22.5 Å². The van der Waals surface area contributed by atoms with E-state index in [1.54, 1.807) is 12.1 Å². The Morgan fingerprint density at radius 2 is 2.31 bits per heavy atom. The van der Waals surface area contributed by atoms with E-state index in [0.717, 1.165) is 5.57 Å². The second kappa shape index (κ2) is 5.15. The number of halogens is 1. The molecule has 0 fully saturated rings. The Labute approximate surface area is 103 Å². The van der Waals surface area contributed by atoms with Crippen molar-refractivity contribution in [3.8, 4) is 11.8 Å². The number of hydrogen-bond acceptors (Lipinski definition) is 3. The molecule has 0 saturated heterocycles. The Hall–Kier alpha value is -1.31. The third-order valence-corrected chi connectivity index (χ3v) is 2.91. The Bertz CT molecular complexity index is 463. The van der Waals surface area contributed by atoms with E-state index in [1.807, 2.05) is 13.0 Å². The quantitative estimate of drug-likeness (QED) is 0.837. The van der Waals surface area contributed by atoms with E-state index in [0.29, 0.717) is 16.5 Å². The molecule has 84 valence electrons. The fourth-order valence-electron chi connectivity index (χ4n) is 1.50. The third kappa shape index (κ3) is 2.63. The molecule has 0 aliphatic heterocycles. The normalized spacial score (nSPS) is 11.9. The first kappa shape index (κ1) is 12.8. The summed E-state index contributed by atoms with van der Waals surface area (Å²) in [6.07, 6.45) is 0.570. The van der Waals surface area contributed by atoms with Crippen molar-refractivity contribution >= 4 is 15.9 Å². The minimum atomic E-state index is -0.361. The van der Waals surface area contributed by atoms with Gasteiger partial charge >= 0.3 is 0 Å². The summed E-state index contributed by atoms with van der Waals surface area (Å²) >= 11 is 3.32. The molecule has 0 saturated carbocycles. The van der Waals surface area contributed by atoms with Crippen LogP contribution in [-0.2, 0) is 0 Å². The first-order valence-corrected chi connectivity index (χ1v) is 5.58. The van der Waals surface area contributed by atoms with Gasteiger partial charge in [0, 0.05) is 16.1 Å². The van der Waals surface area contributed by atoms with Crippen LogP contribution in [0, 0.1) is 11.3 Å². The van der Waals surface area contributed by atoms with Crippen LogP contribution in [0.4, 0.5) is 0 Å². The van der Waals surface area contributed by atoms with Gasteiger partial charge in [-0.25, -0.2) is 0 Å². The van der Waals surface area contributed by atoms with Gasteiger partial charge in [0.15, 0.2) is 0 Å². The van der Waals surface area contributed by atoms with Crippen LogP contribution in [0.15, 0.2) is 28.8 Å². The Morgan fingerprint density at radius 1 is 1.69 bits per heavy atom. The van der Waals surface area contributed by atoms with E-state index >= 15 is 0 Å². The van der Waals surface area contributed by atoms with Gasteiger partial charge in [0.2, 0.25) is 0 Å². The fourth-order valence-corrected chi connectivity index (χ4v) is 2.12. The van der Waals surface area contributed by atoms with Crippen molar-refractivity contribution < 1.29 is 5.11 Å². The molecule has 1 aromatic carbocycles. The summed E-state index contributed by atoms with van der Waals surface area (Å²) in [4.78, 5) is 0. The molecule has 1 rings (SSSR count). The van der Waals surface area contributed by atoms with Crippen molar-refractivity contribution in [1.29, 1.82) is 5.26 Å². The molecule has 4 heteroatoms. The highest BCUT2D eigenvalue weighted by atomic mass is 79.9. The zero-order valence-corrected chi connectivity index (χ0v) is 10.6. The summed E-state index contributed by atoms with van der Waals surface area (Å²) in [5.41, 5.74) is 7.68. The number of hydrogen-bond donors (Lipinski definition) is 2. The maximum atomic E-state index is 9.89. The van der Waals surface area contributed by atoms with Crippen LogP contribution < -0.4 is 5.73 Å². The molecular formula is C12H13BrN2O. The molecule has 0 amide bonds. The van der Waals surface area contributed by atoms with E-state index in [-0.39, 0.29) is 17.4 Å². The number of benzene rings is 1. The van der Waals surface area contributed by atoms with Gasteiger partial charge in [0.25, 0.3) is 0 Å². The lowest BCUT2D eigenvalue weighted by Crippen LogP contribution is -2.12. The highest BCUT2D eigenvalue weighted by Gasteiger charge is 2.17. The minimum Gasteiger partial charge on any atom is -0.506 e. The van der Waals surface area contributed by atoms with Crippen molar-refractivity contribution in [1.82, 2.24) is 0 Å². The average Bonchev–Trinajstić information content (AvgIpc) is 2.16. The maximum Gasteiger partial charge on any atom is 0.139 e. The number of nitrogens with zero attached hydrogens (tertiary/aromatic N) is 1. The molecule has 3 N–H and O–H groups in total. The molecule has 0 spiro atoms. The smallest absolute Gasteiger partial charge is 0.139 e. The molecule has 0 heterocycles. The van der Waals surface area contributed by atoms with Crippen molar-refractivity contribution in [2.75, 3.05) is 0 Å². The lowest BCUT2D eigenvalue weighted by molar-refractivity contribution is 0.458. The van der Waals surface area contributed by atoms with Gasteiger partial charge in [-0.2, -0.15) is 5.26 Å². The second-order valence-electron chi connectivity index (χ2n) is 3.74. The van der Waals surface area contributed by atoms with Gasteiger partial charge in [-0.1, -0.05) is 21.5 Å². The number of phenolic OH excluding ortho intramolecular Hbond substituents is 1. The summed E-state index contributed by atoms with van der Waals surface area (Å²) in [5.74, 6) is -0.0503. The van der Waals surface area contributed by atoms with Crippen LogP contribution in [0.25, 0.3) is 0 Å². The van der Waals surface area contributed by atoms with Gasteiger partial charge in [-0.3, -0.25) is 0 Å². The summed E-state index contributed by atoms with van der Waals surface area (Å²) in [5, 5.41) is 18.7. The van der Waals surface area contributed by atoms with Crippen molar-refractivity contribution in [2.45, 2.75) is 19.4 Å². The summed E-state index contributed by atoms with van der Waals surface area (Å²) in [6, 6.07) is 4.83. The number of aromatic hydroxyl groups is 1. The first-order valence-electron chi connectivity index (χ1n) is 4.78. The maximum absolute atomic E-state index is 9.89. The number of nitrogens with two attached hydrogens (primary N) is 1. The Balaban J connectivity index is 3.22. The molecule has 0 unspecified atom stereocenters. The van der Waals surface area contributed by atoms with Gasteiger partial charge in [-0.05, 0) is 25.5 Å². The number of nitriles is 1. The minimum absolute atomic E-state index is 0.0503. The van der Waals surface area contributed by atoms with Gasteiger partial charge in [0.05, 0.1) is 5.56 Å². The van der Waals surface area contributed by atoms with Crippen LogP contribution in [0.1, 0.15) is 30.5 Å². The predicted molar refractivity (Wildman–Crippen MR) is 66.9 cm³/mol. The summed E-state index contributed by atoms with van der Waals surface area (Å²) in [6.45, 7) is 5.65. The van der Waals surface area contributed by atoms with E-state index in [4.69, 9.17) is 11.0 Å². The molecule has 3 nitrogen and oxygen atoms in total. The summed E-state index contributed by atoms with van der Waals surface area (Å²) < 4.78 is 0.706. The molecule has 0 aliphatic rings. The molecule has 0 aliphatic carbocycles. The molecule has 0 bridgehead atoms. The Kier molecular flexibility index (Phi) is 4.11. The van der Waals surface area contributed by atoms with Crippen molar-refractivity contribution in [3.05, 3.63) is 39.9 Å². The highest BCUT2D eigenvalue weighted by molar-refractivity contribution is 9.10. The number of phenols is 1. The molecule has 16 heavy (non-hydrogen) atoms. The zero-order valence-electron chi connectivity index (χ0n) is 9.00. The zero-order chi connectivity index (χ0) is 12.3.